The molecule has 6 nitrogen and oxygen atoms in total. The number of hydrogen-bond acceptors (Lipinski definition) is 5. The molecule has 1 aliphatic carbocycles. The van der Waals surface area contributed by atoms with Gasteiger partial charge in [0.2, 0.25) is 5.78 Å². The molecule has 0 radical (unpaired) electrons. The summed E-state index contributed by atoms with van der Waals surface area (Å²) >= 11 is 0. The van der Waals surface area contributed by atoms with Crippen LogP contribution in [0.1, 0.15) is 103 Å². The van der Waals surface area contributed by atoms with Crippen molar-refractivity contribution in [3.05, 3.63) is 12.2 Å². The summed E-state index contributed by atoms with van der Waals surface area (Å²) in [6.45, 7) is 2.42. The Bertz CT molecular complexity index is 702. The Labute approximate surface area is 207 Å². The van der Waals surface area contributed by atoms with E-state index in [1.807, 2.05) is 19.1 Å². The van der Waals surface area contributed by atoms with Gasteiger partial charge in [-0.25, -0.2) is 0 Å². The molecular formula is C27H42F2O6. The maximum Gasteiger partial charge on any atom is 0.305 e. The molecule has 2 aliphatic rings. The van der Waals surface area contributed by atoms with E-state index in [4.69, 9.17) is 14.6 Å². The Morgan fingerprint density at radius 3 is 2.63 bits per heavy atom. The number of Topliss-reactive ketones (excluding diaryl/α,β-unsaturated/α-hetero) is 2. The van der Waals surface area contributed by atoms with Crippen LogP contribution in [0.5, 0.6) is 0 Å². The quantitative estimate of drug-likeness (QED) is 0.187. The number of unbranched alkanes of at least 4 members (excludes halogenated alkanes) is 4. The normalized spacial score (nSPS) is 25.4. The fourth-order valence-corrected chi connectivity index (χ4v) is 4.95. The minimum absolute atomic E-state index is 0.0482. The van der Waals surface area contributed by atoms with Gasteiger partial charge in [0.1, 0.15) is 5.78 Å². The maximum absolute atomic E-state index is 14.2. The molecule has 1 saturated heterocycles. The molecule has 1 unspecified atom stereocenters. The van der Waals surface area contributed by atoms with E-state index in [-0.39, 0.29) is 49.6 Å². The lowest BCUT2D eigenvalue weighted by atomic mass is 9.86. The van der Waals surface area contributed by atoms with E-state index in [1.165, 1.54) is 0 Å². The number of rotatable bonds is 17. The van der Waals surface area contributed by atoms with Crippen molar-refractivity contribution in [2.45, 2.75) is 122 Å². The lowest BCUT2D eigenvalue weighted by molar-refractivity contribution is -0.196. The molecule has 35 heavy (non-hydrogen) atoms. The second kappa shape index (κ2) is 15.4. The molecule has 4 atom stereocenters. The molecular weight excluding hydrogens is 458 g/mol. The Morgan fingerprint density at radius 1 is 1.14 bits per heavy atom. The SMILES string of the molecule is CCCCC(F)(F)C(=O)CC[C@H]1[C@H](OC2CCCCO2)CC(=O)[C@@H]1CC=CCCCCCC(=O)O. The number of carbonyl (C=O) groups is 3. The minimum Gasteiger partial charge on any atom is -0.481 e. The summed E-state index contributed by atoms with van der Waals surface area (Å²) in [7, 11) is 0. The zero-order valence-electron chi connectivity index (χ0n) is 21.0. The maximum atomic E-state index is 14.2. The first-order valence-electron chi connectivity index (χ1n) is 13.3. The fraction of sp³-hybridized carbons (Fsp3) is 0.815. The van der Waals surface area contributed by atoms with Gasteiger partial charge < -0.3 is 14.6 Å². The largest absolute Gasteiger partial charge is 0.481 e. The second-order valence-electron chi connectivity index (χ2n) is 9.88. The summed E-state index contributed by atoms with van der Waals surface area (Å²) in [5.74, 6) is -5.76. The van der Waals surface area contributed by atoms with Crippen LogP contribution in [0.2, 0.25) is 0 Å². The molecule has 0 aromatic heterocycles. The highest BCUT2D eigenvalue weighted by atomic mass is 19.3. The predicted octanol–water partition coefficient (Wildman–Crippen LogP) is 6.26. The predicted molar refractivity (Wildman–Crippen MR) is 128 cm³/mol. The number of carboxylic acid groups (broad SMARTS) is 1. The molecule has 200 valence electrons. The lowest BCUT2D eigenvalue weighted by Crippen LogP contribution is -2.33. The van der Waals surface area contributed by atoms with Crippen molar-refractivity contribution in [3.8, 4) is 0 Å². The first kappa shape index (κ1) is 29.6. The fourth-order valence-electron chi connectivity index (χ4n) is 4.95. The lowest BCUT2D eigenvalue weighted by Gasteiger charge is -2.30. The van der Waals surface area contributed by atoms with E-state index < -0.39 is 30.2 Å². The average molecular weight is 501 g/mol. The number of allylic oxidation sites excluding steroid dienone is 2. The van der Waals surface area contributed by atoms with Crippen molar-refractivity contribution >= 4 is 17.5 Å². The zero-order valence-corrected chi connectivity index (χ0v) is 21.0. The molecule has 0 amide bonds. The Morgan fingerprint density at radius 2 is 1.94 bits per heavy atom. The molecule has 1 saturated carbocycles. The van der Waals surface area contributed by atoms with Crippen LogP contribution in [-0.4, -0.2) is 47.6 Å². The number of ether oxygens (including phenoxy) is 2. The highest BCUT2D eigenvalue weighted by Crippen LogP contribution is 2.39. The van der Waals surface area contributed by atoms with Crippen molar-refractivity contribution in [2.75, 3.05) is 6.61 Å². The first-order chi connectivity index (χ1) is 16.7. The van der Waals surface area contributed by atoms with Crippen molar-refractivity contribution in [1.82, 2.24) is 0 Å². The Balaban J connectivity index is 1.94. The molecule has 2 rings (SSSR count). The monoisotopic (exact) mass is 500 g/mol. The van der Waals surface area contributed by atoms with E-state index in [9.17, 15) is 23.2 Å². The molecule has 0 spiro atoms. The number of carboxylic acids is 1. The van der Waals surface area contributed by atoms with Crippen LogP contribution in [0, 0.1) is 11.8 Å². The van der Waals surface area contributed by atoms with Crippen molar-refractivity contribution in [1.29, 1.82) is 0 Å². The number of ketones is 2. The summed E-state index contributed by atoms with van der Waals surface area (Å²) in [4.78, 5) is 35.7. The van der Waals surface area contributed by atoms with Gasteiger partial charge in [-0.2, -0.15) is 8.78 Å². The van der Waals surface area contributed by atoms with Gasteiger partial charge in [0.05, 0.1) is 6.10 Å². The average Bonchev–Trinajstić information content (AvgIpc) is 3.11. The smallest absolute Gasteiger partial charge is 0.305 e. The van der Waals surface area contributed by atoms with Gasteiger partial charge in [-0.1, -0.05) is 31.9 Å². The number of alkyl halides is 2. The highest BCUT2D eigenvalue weighted by molar-refractivity contribution is 5.86. The highest BCUT2D eigenvalue weighted by Gasteiger charge is 2.45. The number of aliphatic carboxylic acids is 1. The molecule has 1 heterocycles. The standard InChI is InChI=1S/C27H42F2O6/c1-2-3-17-27(28,29)24(31)16-15-21-20(12-8-6-4-5-7-9-13-25(32)33)22(30)19-23(21)35-26-14-10-11-18-34-26/h6,8,20-21,23,26H,2-5,7,9-19H2,1H3,(H,32,33)/t20-,21-,23-,26?/m1/s1. The second-order valence-corrected chi connectivity index (χ2v) is 9.88. The van der Waals surface area contributed by atoms with Gasteiger partial charge in [-0.05, 0) is 63.7 Å². The summed E-state index contributed by atoms with van der Waals surface area (Å²) in [5, 5.41) is 8.68. The van der Waals surface area contributed by atoms with E-state index in [1.54, 1.807) is 0 Å². The molecule has 0 aromatic carbocycles. The number of halogens is 2. The Hall–Kier alpha value is -1.67. The molecule has 1 N–H and O–H groups in total. The van der Waals surface area contributed by atoms with Crippen LogP contribution in [0.15, 0.2) is 12.2 Å². The summed E-state index contributed by atoms with van der Waals surface area (Å²) in [6.07, 6.45) is 10.3. The van der Waals surface area contributed by atoms with E-state index >= 15 is 0 Å². The van der Waals surface area contributed by atoms with Crippen LogP contribution in [-0.2, 0) is 23.9 Å². The van der Waals surface area contributed by atoms with E-state index in [2.05, 4.69) is 0 Å². The third-order valence-electron chi connectivity index (χ3n) is 7.05. The van der Waals surface area contributed by atoms with Gasteiger partial charge in [0, 0.05) is 38.2 Å². The number of carbonyl (C=O) groups excluding carboxylic acids is 2. The van der Waals surface area contributed by atoms with Gasteiger partial charge in [0.25, 0.3) is 0 Å². The molecule has 0 bridgehead atoms. The van der Waals surface area contributed by atoms with Crippen LogP contribution in [0.4, 0.5) is 8.78 Å². The zero-order chi connectivity index (χ0) is 25.7. The summed E-state index contributed by atoms with van der Waals surface area (Å²) in [6, 6.07) is 0. The molecule has 1 aliphatic heterocycles. The van der Waals surface area contributed by atoms with Crippen molar-refractivity contribution < 1.29 is 37.7 Å². The van der Waals surface area contributed by atoms with Gasteiger partial charge in [-0.3, -0.25) is 14.4 Å². The van der Waals surface area contributed by atoms with Crippen LogP contribution in [0.3, 0.4) is 0 Å². The first-order valence-corrected chi connectivity index (χ1v) is 13.3. The van der Waals surface area contributed by atoms with E-state index in [0.29, 0.717) is 32.3 Å². The van der Waals surface area contributed by atoms with E-state index in [0.717, 1.165) is 38.5 Å². The summed E-state index contributed by atoms with van der Waals surface area (Å²) < 4.78 is 40.3. The van der Waals surface area contributed by atoms with Crippen LogP contribution in [0.25, 0.3) is 0 Å². The molecule has 0 aromatic rings. The molecule has 8 heteroatoms. The molecule has 2 fully saturated rings. The van der Waals surface area contributed by atoms with Crippen LogP contribution < -0.4 is 0 Å². The van der Waals surface area contributed by atoms with Gasteiger partial charge in [0.15, 0.2) is 6.29 Å². The van der Waals surface area contributed by atoms with Gasteiger partial charge >= 0.3 is 11.9 Å². The third-order valence-corrected chi connectivity index (χ3v) is 7.05. The topological polar surface area (TPSA) is 89.9 Å². The van der Waals surface area contributed by atoms with Gasteiger partial charge in [-0.15, -0.1) is 0 Å². The van der Waals surface area contributed by atoms with Crippen LogP contribution >= 0.6 is 0 Å². The number of hydrogen-bond donors (Lipinski definition) is 1. The Kier molecular flexibility index (Phi) is 13.0. The van der Waals surface area contributed by atoms with Crippen molar-refractivity contribution in [2.24, 2.45) is 11.8 Å². The summed E-state index contributed by atoms with van der Waals surface area (Å²) in [5.41, 5.74) is 0. The third kappa shape index (κ3) is 10.5. The van der Waals surface area contributed by atoms with Crippen molar-refractivity contribution in [3.63, 3.8) is 0 Å². The minimum atomic E-state index is -3.32.